The van der Waals surface area contributed by atoms with E-state index in [0.717, 1.165) is 43.1 Å². The minimum Gasteiger partial charge on any atom is -0.486 e. The lowest BCUT2D eigenvalue weighted by Crippen LogP contribution is -2.44. The van der Waals surface area contributed by atoms with Crippen molar-refractivity contribution < 1.29 is 14.3 Å². The SMILES string of the molecule is CNC1CCN(C(=O)c2nnn(-c3ccc4c(c3)OCCO4)c2C)CC1. The van der Waals surface area contributed by atoms with Gasteiger partial charge in [-0.15, -0.1) is 5.10 Å². The number of amides is 1. The van der Waals surface area contributed by atoms with Crippen LogP contribution in [-0.4, -0.2) is 65.2 Å². The number of nitrogens with one attached hydrogen (secondary N) is 1. The van der Waals surface area contributed by atoms with Gasteiger partial charge >= 0.3 is 0 Å². The van der Waals surface area contributed by atoms with Gasteiger partial charge in [0.2, 0.25) is 0 Å². The normalized spacial score (nSPS) is 17.4. The number of hydrogen-bond donors (Lipinski definition) is 1. The fourth-order valence-corrected chi connectivity index (χ4v) is 3.46. The van der Waals surface area contributed by atoms with Crippen molar-refractivity contribution in [2.24, 2.45) is 0 Å². The van der Waals surface area contributed by atoms with Gasteiger partial charge < -0.3 is 19.7 Å². The largest absolute Gasteiger partial charge is 0.486 e. The quantitative estimate of drug-likeness (QED) is 0.888. The highest BCUT2D eigenvalue weighted by molar-refractivity contribution is 5.93. The maximum absolute atomic E-state index is 12.8. The van der Waals surface area contributed by atoms with Gasteiger partial charge in [0.15, 0.2) is 17.2 Å². The zero-order chi connectivity index (χ0) is 18.1. The Balaban J connectivity index is 1.56. The Bertz CT molecular complexity index is 811. The summed E-state index contributed by atoms with van der Waals surface area (Å²) in [6.45, 7) is 4.42. The van der Waals surface area contributed by atoms with Gasteiger partial charge in [-0.05, 0) is 38.9 Å². The molecule has 26 heavy (non-hydrogen) atoms. The predicted octanol–water partition coefficient (Wildman–Crippen LogP) is 1.17. The molecule has 1 aromatic heterocycles. The third kappa shape index (κ3) is 3.01. The number of benzene rings is 1. The zero-order valence-corrected chi connectivity index (χ0v) is 15.1. The van der Waals surface area contributed by atoms with Crippen molar-refractivity contribution in [3.8, 4) is 17.2 Å². The highest BCUT2D eigenvalue weighted by atomic mass is 16.6. The molecule has 0 aliphatic carbocycles. The van der Waals surface area contributed by atoms with Crippen LogP contribution in [0.5, 0.6) is 11.5 Å². The molecule has 0 saturated carbocycles. The monoisotopic (exact) mass is 357 g/mol. The number of nitrogens with zero attached hydrogens (tertiary/aromatic N) is 4. The molecule has 0 unspecified atom stereocenters. The molecule has 0 radical (unpaired) electrons. The van der Waals surface area contributed by atoms with E-state index in [4.69, 9.17) is 9.47 Å². The van der Waals surface area contributed by atoms with Gasteiger partial charge in [0.25, 0.3) is 5.91 Å². The molecule has 8 nitrogen and oxygen atoms in total. The third-order valence-electron chi connectivity index (χ3n) is 5.06. The summed E-state index contributed by atoms with van der Waals surface area (Å²) in [5.74, 6) is 1.35. The van der Waals surface area contributed by atoms with Crippen molar-refractivity contribution in [1.29, 1.82) is 0 Å². The average molecular weight is 357 g/mol. The van der Waals surface area contributed by atoms with Gasteiger partial charge in [0, 0.05) is 25.2 Å². The Morgan fingerprint density at radius 3 is 2.65 bits per heavy atom. The number of rotatable bonds is 3. The molecule has 1 amide bonds. The first-order valence-electron chi connectivity index (χ1n) is 8.96. The lowest BCUT2D eigenvalue weighted by molar-refractivity contribution is 0.0700. The standard InChI is InChI=1S/C18H23N5O3/c1-12-17(18(24)22-7-5-13(19-2)6-8-22)20-21-23(12)14-3-4-15-16(11-14)26-10-9-25-15/h3-4,11,13,19H,5-10H2,1-2H3. The number of likely N-dealkylation sites (tertiary alicyclic amines) is 1. The van der Waals surface area contributed by atoms with Crippen molar-refractivity contribution >= 4 is 5.91 Å². The summed E-state index contributed by atoms with van der Waals surface area (Å²) in [7, 11) is 1.96. The molecule has 2 aromatic rings. The second-order valence-corrected chi connectivity index (χ2v) is 6.62. The van der Waals surface area contributed by atoms with E-state index >= 15 is 0 Å². The van der Waals surface area contributed by atoms with Crippen LogP contribution in [0.2, 0.25) is 0 Å². The summed E-state index contributed by atoms with van der Waals surface area (Å²) in [6, 6.07) is 6.09. The van der Waals surface area contributed by atoms with Crippen LogP contribution in [-0.2, 0) is 0 Å². The lowest BCUT2D eigenvalue weighted by Gasteiger charge is -2.31. The van der Waals surface area contributed by atoms with Crippen LogP contribution >= 0.6 is 0 Å². The predicted molar refractivity (Wildman–Crippen MR) is 95.1 cm³/mol. The van der Waals surface area contributed by atoms with Crippen LogP contribution < -0.4 is 14.8 Å². The van der Waals surface area contributed by atoms with E-state index in [9.17, 15) is 4.79 Å². The topological polar surface area (TPSA) is 81.5 Å². The molecule has 8 heteroatoms. The molecule has 2 aliphatic rings. The van der Waals surface area contributed by atoms with E-state index in [1.807, 2.05) is 37.1 Å². The van der Waals surface area contributed by atoms with Crippen molar-refractivity contribution in [1.82, 2.24) is 25.2 Å². The highest BCUT2D eigenvalue weighted by Gasteiger charge is 2.27. The molecular weight excluding hydrogens is 334 g/mol. The van der Waals surface area contributed by atoms with E-state index in [1.165, 1.54) is 0 Å². The number of hydrogen-bond acceptors (Lipinski definition) is 6. The second kappa shape index (κ2) is 6.95. The minimum atomic E-state index is -0.0548. The van der Waals surface area contributed by atoms with Gasteiger partial charge in [-0.1, -0.05) is 5.21 Å². The Morgan fingerprint density at radius 2 is 1.92 bits per heavy atom. The lowest BCUT2D eigenvalue weighted by atomic mass is 10.0. The van der Waals surface area contributed by atoms with E-state index in [2.05, 4.69) is 15.6 Å². The summed E-state index contributed by atoms with van der Waals surface area (Å²) >= 11 is 0. The number of carbonyl (C=O) groups excluding carboxylic acids is 1. The van der Waals surface area contributed by atoms with Crippen LogP contribution in [0.25, 0.3) is 5.69 Å². The van der Waals surface area contributed by atoms with Gasteiger partial charge in [-0.3, -0.25) is 4.79 Å². The summed E-state index contributed by atoms with van der Waals surface area (Å²) in [6.07, 6.45) is 1.91. The molecule has 4 rings (SSSR count). The Labute approximate surface area is 152 Å². The first-order chi connectivity index (χ1) is 12.7. The maximum atomic E-state index is 12.8. The minimum absolute atomic E-state index is 0.0548. The molecule has 2 aliphatic heterocycles. The fraction of sp³-hybridized carbons (Fsp3) is 0.500. The first kappa shape index (κ1) is 16.8. The van der Waals surface area contributed by atoms with E-state index < -0.39 is 0 Å². The number of ether oxygens (including phenoxy) is 2. The van der Waals surface area contributed by atoms with Gasteiger partial charge in [0.05, 0.1) is 11.4 Å². The van der Waals surface area contributed by atoms with E-state index in [1.54, 1.807) is 4.68 Å². The van der Waals surface area contributed by atoms with Crippen LogP contribution in [0.3, 0.4) is 0 Å². The summed E-state index contributed by atoms with van der Waals surface area (Å²) < 4.78 is 12.8. The molecule has 1 saturated heterocycles. The molecule has 0 atom stereocenters. The van der Waals surface area contributed by atoms with E-state index in [0.29, 0.717) is 30.7 Å². The molecule has 3 heterocycles. The molecule has 1 fully saturated rings. The zero-order valence-electron chi connectivity index (χ0n) is 15.1. The first-order valence-corrected chi connectivity index (χ1v) is 8.96. The highest BCUT2D eigenvalue weighted by Crippen LogP contribution is 2.32. The molecule has 0 bridgehead atoms. The average Bonchev–Trinajstić information content (AvgIpc) is 3.08. The Morgan fingerprint density at radius 1 is 1.19 bits per heavy atom. The van der Waals surface area contributed by atoms with Crippen molar-refractivity contribution in [3.05, 3.63) is 29.6 Å². The molecule has 1 aromatic carbocycles. The van der Waals surface area contributed by atoms with Crippen molar-refractivity contribution in [2.45, 2.75) is 25.8 Å². The van der Waals surface area contributed by atoms with Crippen molar-refractivity contribution in [2.75, 3.05) is 33.4 Å². The van der Waals surface area contributed by atoms with Crippen LogP contribution in [0.4, 0.5) is 0 Å². The van der Waals surface area contributed by atoms with E-state index in [-0.39, 0.29) is 5.91 Å². The molecular formula is C18H23N5O3. The summed E-state index contributed by atoms with van der Waals surface area (Å²) in [5.41, 5.74) is 1.93. The van der Waals surface area contributed by atoms with Gasteiger partial charge in [-0.2, -0.15) is 0 Å². The summed E-state index contributed by atoms with van der Waals surface area (Å²) in [5, 5.41) is 11.6. The smallest absolute Gasteiger partial charge is 0.276 e. The number of aromatic nitrogens is 3. The third-order valence-corrected chi connectivity index (χ3v) is 5.06. The Kier molecular flexibility index (Phi) is 4.50. The number of fused-ring (bicyclic) bond motifs is 1. The van der Waals surface area contributed by atoms with Crippen LogP contribution in [0.1, 0.15) is 29.0 Å². The van der Waals surface area contributed by atoms with Gasteiger partial charge in [0.1, 0.15) is 13.2 Å². The van der Waals surface area contributed by atoms with Crippen molar-refractivity contribution in [3.63, 3.8) is 0 Å². The summed E-state index contributed by atoms with van der Waals surface area (Å²) in [4.78, 5) is 14.7. The Hall–Kier alpha value is -2.61. The van der Waals surface area contributed by atoms with Crippen LogP contribution in [0.15, 0.2) is 18.2 Å². The molecule has 138 valence electrons. The fourth-order valence-electron chi connectivity index (χ4n) is 3.46. The van der Waals surface area contributed by atoms with Crippen LogP contribution in [0, 0.1) is 6.92 Å². The second-order valence-electron chi connectivity index (χ2n) is 6.62. The maximum Gasteiger partial charge on any atom is 0.276 e. The number of carbonyl (C=O) groups is 1. The molecule has 1 N–H and O–H groups in total. The molecule has 0 spiro atoms. The van der Waals surface area contributed by atoms with Gasteiger partial charge in [-0.25, -0.2) is 4.68 Å². The number of piperidine rings is 1.